The number of carbonyl (C=O) groups is 2. The van der Waals surface area contributed by atoms with Crippen molar-refractivity contribution in [3.8, 4) is 11.5 Å². The predicted octanol–water partition coefficient (Wildman–Crippen LogP) is 5.42. The average Bonchev–Trinajstić information content (AvgIpc) is 2.78. The topological polar surface area (TPSA) is 67.9 Å². The second-order valence-corrected chi connectivity index (χ2v) is 10.2. The van der Waals surface area contributed by atoms with Crippen molar-refractivity contribution in [1.82, 2.24) is 10.2 Å². The number of hydrogen-bond acceptors (Lipinski definition) is 4. The minimum Gasteiger partial charge on any atom is -0.486 e. The van der Waals surface area contributed by atoms with E-state index >= 15 is 0 Å². The summed E-state index contributed by atoms with van der Waals surface area (Å²) in [7, 11) is 0. The normalized spacial score (nSPS) is 13.8. The monoisotopic (exact) mass is 506 g/mol. The molecule has 1 N–H and O–H groups in total. The molecule has 1 aliphatic heterocycles. The molecule has 1 atom stereocenters. The molecule has 6 nitrogen and oxygen atoms in total. The van der Waals surface area contributed by atoms with Gasteiger partial charge in [0.1, 0.15) is 19.3 Å². The van der Waals surface area contributed by atoms with Gasteiger partial charge in [-0.25, -0.2) is 0 Å². The maximum atomic E-state index is 13.5. The molecule has 3 rings (SSSR count). The molecule has 2 aromatic carbocycles. The largest absolute Gasteiger partial charge is 0.486 e. The Kier molecular flexibility index (Phi) is 8.72. The summed E-state index contributed by atoms with van der Waals surface area (Å²) in [6.07, 6.45) is 1.18. The first-order chi connectivity index (χ1) is 16.1. The van der Waals surface area contributed by atoms with Gasteiger partial charge in [0.25, 0.3) is 0 Å². The summed E-state index contributed by atoms with van der Waals surface area (Å²) in [5, 5.41) is 3.92. The van der Waals surface area contributed by atoms with Crippen molar-refractivity contribution in [3.05, 3.63) is 57.6 Å². The third kappa shape index (κ3) is 6.80. The van der Waals surface area contributed by atoms with Crippen molar-refractivity contribution in [2.24, 2.45) is 0 Å². The number of nitrogens with one attached hydrogen (secondary N) is 1. The molecule has 2 aromatic rings. The van der Waals surface area contributed by atoms with E-state index in [0.29, 0.717) is 53.2 Å². The van der Waals surface area contributed by atoms with E-state index in [1.54, 1.807) is 23.1 Å². The molecule has 0 bridgehead atoms. The van der Waals surface area contributed by atoms with E-state index in [9.17, 15) is 9.59 Å². The molecule has 0 fully saturated rings. The Morgan fingerprint density at radius 2 is 1.71 bits per heavy atom. The summed E-state index contributed by atoms with van der Waals surface area (Å²) in [5.74, 6) is 1.04. The summed E-state index contributed by atoms with van der Waals surface area (Å²) in [5.41, 5.74) is 1.16. The second kappa shape index (κ2) is 11.3. The molecule has 0 unspecified atom stereocenters. The molecule has 8 heteroatoms. The molecule has 0 saturated heterocycles. The van der Waals surface area contributed by atoms with Crippen LogP contribution in [0.15, 0.2) is 36.4 Å². The number of benzene rings is 2. The lowest BCUT2D eigenvalue weighted by Crippen LogP contribution is -2.53. The van der Waals surface area contributed by atoms with E-state index in [1.807, 2.05) is 45.9 Å². The van der Waals surface area contributed by atoms with Crippen LogP contribution in [0, 0.1) is 0 Å². The highest BCUT2D eigenvalue weighted by molar-refractivity contribution is 6.36. The molecule has 0 aliphatic carbocycles. The van der Waals surface area contributed by atoms with Gasteiger partial charge in [-0.2, -0.15) is 0 Å². The smallest absolute Gasteiger partial charge is 0.243 e. The van der Waals surface area contributed by atoms with Crippen molar-refractivity contribution >= 4 is 35.0 Å². The first kappa shape index (κ1) is 26.2. The van der Waals surface area contributed by atoms with Crippen LogP contribution in [-0.2, 0) is 22.6 Å². The number of halogens is 2. The Morgan fingerprint density at radius 3 is 2.32 bits per heavy atom. The molecule has 0 saturated carbocycles. The van der Waals surface area contributed by atoms with Gasteiger partial charge in [0, 0.05) is 34.1 Å². The van der Waals surface area contributed by atoms with Gasteiger partial charge in [-0.3, -0.25) is 9.59 Å². The molecule has 2 amide bonds. The van der Waals surface area contributed by atoms with Crippen LogP contribution in [0.1, 0.15) is 51.7 Å². The lowest BCUT2D eigenvalue weighted by molar-refractivity contribution is -0.142. The fraction of sp³-hybridized carbons (Fsp3) is 0.462. The molecule has 0 radical (unpaired) electrons. The standard InChI is InChI=1S/C26H32Cl2N2O4/c1-5-21(25(32)29-26(2,3)4)30(16-18-19(27)7-6-8-20(18)28)24(31)12-10-17-9-11-22-23(15-17)34-14-13-33-22/h6-9,11,15,21H,5,10,12-14,16H2,1-4H3,(H,29,32)/t21-/m0/s1. The Balaban J connectivity index is 1.82. The van der Waals surface area contributed by atoms with Crippen LogP contribution in [0.2, 0.25) is 10.0 Å². The number of nitrogens with zero attached hydrogens (tertiary/aromatic N) is 1. The summed E-state index contributed by atoms with van der Waals surface area (Å²) in [6.45, 7) is 8.81. The molecule has 34 heavy (non-hydrogen) atoms. The van der Waals surface area contributed by atoms with Gasteiger partial charge in [0.05, 0.1) is 0 Å². The number of aryl methyl sites for hydroxylation is 1. The Hall–Kier alpha value is -2.44. The quantitative estimate of drug-likeness (QED) is 0.518. The molecule has 0 spiro atoms. The molecule has 184 valence electrons. The zero-order valence-corrected chi connectivity index (χ0v) is 21.6. The van der Waals surface area contributed by atoms with Crippen molar-refractivity contribution in [3.63, 3.8) is 0 Å². The molecular formula is C26H32Cl2N2O4. The third-order valence-electron chi connectivity index (χ3n) is 5.51. The summed E-state index contributed by atoms with van der Waals surface area (Å²) < 4.78 is 11.2. The molecule has 1 heterocycles. The lowest BCUT2D eigenvalue weighted by atomic mass is 10.0. The summed E-state index contributed by atoms with van der Waals surface area (Å²) in [4.78, 5) is 28.2. The molecular weight excluding hydrogens is 475 g/mol. The van der Waals surface area contributed by atoms with Gasteiger partial charge in [-0.05, 0) is 63.4 Å². The first-order valence-electron chi connectivity index (χ1n) is 11.5. The SMILES string of the molecule is CC[C@@H](C(=O)NC(C)(C)C)N(Cc1c(Cl)cccc1Cl)C(=O)CCc1ccc2c(c1)OCCO2. The van der Waals surface area contributed by atoms with Gasteiger partial charge in [-0.15, -0.1) is 0 Å². The summed E-state index contributed by atoms with van der Waals surface area (Å²) >= 11 is 12.8. The number of amides is 2. The van der Waals surface area contributed by atoms with Crippen LogP contribution >= 0.6 is 23.2 Å². The maximum absolute atomic E-state index is 13.5. The van der Waals surface area contributed by atoms with Gasteiger partial charge < -0.3 is 19.7 Å². The average molecular weight is 507 g/mol. The van der Waals surface area contributed by atoms with E-state index in [0.717, 1.165) is 5.56 Å². The van der Waals surface area contributed by atoms with Crippen molar-refractivity contribution in [1.29, 1.82) is 0 Å². The number of rotatable bonds is 8. The highest BCUT2D eigenvalue weighted by Gasteiger charge is 2.31. The zero-order chi connectivity index (χ0) is 24.9. The van der Waals surface area contributed by atoms with Crippen molar-refractivity contribution in [2.75, 3.05) is 13.2 Å². The molecule has 0 aromatic heterocycles. The van der Waals surface area contributed by atoms with Crippen molar-refractivity contribution in [2.45, 2.75) is 65.1 Å². The highest BCUT2D eigenvalue weighted by Crippen LogP contribution is 2.31. The van der Waals surface area contributed by atoms with E-state index < -0.39 is 11.6 Å². The fourth-order valence-corrected chi connectivity index (χ4v) is 4.38. The van der Waals surface area contributed by atoms with Gasteiger partial charge in [0.15, 0.2) is 11.5 Å². The Morgan fingerprint density at radius 1 is 1.06 bits per heavy atom. The van der Waals surface area contributed by atoms with Crippen LogP contribution in [-0.4, -0.2) is 41.5 Å². The number of hydrogen-bond donors (Lipinski definition) is 1. The lowest BCUT2D eigenvalue weighted by Gasteiger charge is -2.33. The number of ether oxygens (including phenoxy) is 2. The van der Waals surface area contributed by atoms with Crippen molar-refractivity contribution < 1.29 is 19.1 Å². The minimum absolute atomic E-state index is 0.147. The van der Waals surface area contributed by atoms with Crippen LogP contribution in [0.25, 0.3) is 0 Å². The number of carbonyl (C=O) groups excluding carboxylic acids is 2. The highest BCUT2D eigenvalue weighted by atomic mass is 35.5. The van der Waals surface area contributed by atoms with E-state index in [4.69, 9.17) is 32.7 Å². The predicted molar refractivity (Wildman–Crippen MR) is 135 cm³/mol. The van der Waals surface area contributed by atoms with Crippen LogP contribution in [0.3, 0.4) is 0 Å². The van der Waals surface area contributed by atoms with Gasteiger partial charge in [0.2, 0.25) is 11.8 Å². The first-order valence-corrected chi connectivity index (χ1v) is 12.3. The minimum atomic E-state index is -0.653. The van der Waals surface area contributed by atoms with Crippen LogP contribution in [0.5, 0.6) is 11.5 Å². The molecule has 1 aliphatic rings. The number of fused-ring (bicyclic) bond motifs is 1. The van der Waals surface area contributed by atoms with Gasteiger partial charge in [-0.1, -0.05) is 42.3 Å². The van der Waals surface area contributed by atoms with Gasteiger partial charge >= 0.3 is 0 Å². The van der Waals surface area contributed by atoms with E-state index in [2.05, 4.69) is 5.32 Å². The second-order valence-electron chi connectivity index (χ2n) is 9.36. The maximum Gasteiger partial charge on any atom is 0.243 e. The van der Waals surface area contributed by atoms with E-state index in [1.165, 1.54) is 0 Å². The summed E-state index contributed by atoms with van der Waals surface area (Å²) in [6, 6.07) is 10.3. The van der Waals surface area contributed by atoms with E-state index in [-0.39, 0.29) is 24.8 Å². The fourth-order valence-electron chi connectivity index (χ4n) is 3.86. The Bertz CT molecular complexity index is 1020. The Labute approximate surface area is 211 Å². The third-order valence-corrected chi connectivity index (χ3v) is 6.22. The van der Waals surface area contributed by atoms with Crippen LogP contribution < -0.4 is 14.8 Å². The zero-order valence-electron chi connectivity index (χ0n) is 20.1. The van der Waals surface area contributed by atoms with Crippen LogP contribution in [0.4, 0.5) is 0 Å².